The fraction of sp³-hybridized carbons (Fsp3) is 0.625. The van der Waals surface area contributed by atoms with Crippen molar-refractivity contribution in [1.82, 2.24) is 24.8 Å². The highest BCUT2D eigenvalue weighted by atomic mass is 15.2. The van der Waals surface area contributed by atoms with Gasteiger partial charge in [0.15, 0.2) is 5.65 Å². The van der Waals surface area contributed by atoms with Crippen LogP contribution in [0.2, 0.25) is 0 Å². The minimum atomic E-state index is 0.513. The van der Waals surface area contributed by atoms with E-state index in [0.29, 0.717) is 12.0 Å². The molecule has 0 radical (unpaired) electrons. The lowest BCUT2D eigenvalue weighted by atomic mass is 10.0. The molecule has 0 aliphatic carbocycles. The molecule has 0 saturated carbocycles. The summed E-state index contributed by atoms with van der Waals surface area (Å²) in [7, 11) is 2.22. The lowest BCUT2D eigenvalue weighted by Crippen LogP contribution is -2.34. The van der Waals surface area contributed by atoms with Crippen molar-refractivity contribution in [1.29, 1.82) is 0 Å². The van der Waals surface area contributed by atoms with Crippen molar-refractivity contribution in [2.75, 3.05) is 33.2 Å². The van der Waals surface area contributed by atoms with Gasteiger partial charge in [-0.3, -0.25) is 0 Å². The SMILES string of the molecule is CN1CCCC(n2c(C3CCNC3)nc3cccnc32)C1. The van der Waals surface area contributed by atoms with E-state index >= 15 is 0 Å². The zero-order valence-corrected chi connectivity index (χ0v) is 12.6. The number of hydrogen-bond acceptors (Lipinski definition) is 4. The summed E-state index contributed by atoms with van der Waals surface area (Å²) in [6.45, 7) is 4.46. The molecule has 2 atom stereocenters. The molecular formula is C16H23N5. The monoisotopic (exact) mass is 285 g/mol. The van der Waals surface area contributed by atoms with Gasteiger partial charge in [-0.2, -0.15) is 0 Å². The third kappa shape index (κ3) is 2.34. The number of rotatable bonds is 2. The number of fused-ring (bicyclic) bond motifs is 1. The Morgan fingerprint density at radius 3 is 3.10 bits per heavy atom. The van der Waals surface area contributed by atoms with Crippen LogP contribution in [0.3, 0.4) is 0 Å². The second kappa shape index (κ2) is 5.39. The molecule has 5 nitrogen and oxygen atoms in total. The average Bonchev–Trinajstić information content (AvgIpc) is 3.14. The molecule has 0 bridgehead atoms. The first kappa shape index (κ1) is 13.2. The third-order valence-electron chi connectivity index (χ3n) is 4.87. The summed E-state index contributed by atoms with van der Waals surface area (Å²) >= 11 is 0. The Labute approximate surface area is 125 Å². The maximum atomic E-state index is 4.94. The van der Waals surface area contributed by atoms with E-state index in [4.69, 9.17) is 4.98 Å². The van der Waals surface area contributed by atoms with Crippen LogP contribution in [0.1, 0.15) is 37.0 Å². The highest BCUT2D eigenvalue weighted by molar-refractivity contribution is 5.71. The van der Waals surface area contributed by atoms with Crippen molar-refractivity contribution in [2.24, 2.45) is 0 Å². The second-order valence-electron chi connectivity index (χ2n) is 6.43. The van der Waals surface area contributed by atoms with Gasteiger partial charge in [-0.05, 0) is 51.5 Å². The van der Waals surface area contributed by atoms with E-state index in [2.05, 4.69) is 32.9 Å². The van der Waals surface area contributed by atoms with Gasteiger partial charge in [0, 0.05) is 31.2 Å². The molecule has 2 aliphatic rings. The van der Waals surface area contributed by atoms with Gasteiger partial charge in [0.25, 0.3) is 0 Å². The lowest BCUT2D eigenvalue weighted by Gasteiger charge is -2.32. The van der Waals surface area contributed by atoms with Crippen LogP contribution in [0, 0.1) is 0 Å². The van der Waals surface area contributed by atoms with Crippen LogP contribution >= 0.6 is 0 Å². The van der Waals surface area contributed by atoms with Crippen LogP contribution in [-0.4, -0.2) is 52.7 Å². The van der Waals surface area contributed by atoms with Crippen molar-refractivity contribution in [3.63, 3.8) is 0 Å². The Kier molecular flexibility index (Phi) is 3.39. The second-order valence-corrected chi connectivity index (χ2v) is 6.43. The third-order valence-corrected chi connectivity index (χ3v) is 4.87. The van der Waals surface area contributed by atoms with E-state index in [1.165, 1.54) is 31.6 Å². The molecule has 112 valence electrons. The van der Waals surface area contributed by atoms with Crippen LogP contribution < -0.4 is 5.32 Å². The number of hydrogen-bond donors (Lipinski definition) is 1. The summed E-state index contributed by atoms with van der Waals surface area (Å²) in [5.41, 5.74) is 2.12. The Bertz CT molecular complexity index is 629. The average molecular weight is 285 g/mol. The minimum absolute atomic E-state index is 0.513. The number of nitrogens with one attached hydrogen (secondary N) is 1. The molecule has 4 heterocycles. The van der Waals surface area contributed by atoms with Gasteiger partial charge in [-0.15, -0.1) is 0 Å². The molecule has 1 N–H and O–H groups in total. The molecule has 2 fully saturated rings. The molecule has 0 amide bonds. The van der Waals surface area contributed by atoms with Gasteiger partial charge in [0.05, 0.1) is 0 Å². The molecule has 4 rings (SSSR count). The van der Waals surface area contributed by atoms with E-state index < -0.39 is 0 Å². The first-order chi connectivity index (χ1) is 10.3. The summed E-state index contributed by atoms with van der Waals surface area (Å²) in [5.74, 6) is 1.78. The van der Waals surface area contributed by atoms with Crippen LogP contribution in [-0.2, 0) is 0 Å². The topological polar surface area (TPSA) is 46.0 Å². The molecule has 2 aromatic rings. The van der Waals surface area contributed by atoms with Crippen molar-refractivity contribution < 1.29 is 0 Å². The molecule has 0 spiro atoms. The molecule has 0 aromatic carbocycles. The Morgan fingerprint density at radius 1 is 1.33 bits per heavy atom. The number of nitrogens with zero attached hydrogens (tertiary/aromatic N) is 4. The summed E-state index contributed by atoms with van der Waals surface area (Å²) in [5, 5.41) is 3.47. The fourth-order valence-electron chi connectivity index (χ4n) is 3.82. The highest BCUT2D eigenvalue weighted by Gasteiger charge is 2.29. The normalized spacial score (nSPS) is 27.5. The van der Waals surface area contributed by atoms with Crippen LogP contribution in [0.4, 0.5) is 0 Å². The predicted octanol–water partition coefficient (Wildman–Crippen LogP) is 1.77. The molecule has 2 saturated heterocycles. The van der Waals surface area contributed by atoms with Crippen LogP contribution in [0.25, 0.3) is 11.2 Å². The number of pyridine rings is 1. The van der Waals surface area contributed by atoms with Crippen molar-refractivity contribution in [3.05, 3.63) is 24.2 Å². The van der Waals surface area contributed by atoms with Gasteiger partial charge in [0.2, 0.25) is 0 Å². The quantitative estimate of drug-likeness (QED) is 0.913. The molecule has 2 unspecified atom stereocenters. The molecular weight excluding hydrogens is 262 g/mol. The maximum absolute atomic E-state index is 4.94. The smallest absolute Gasteiger partial charge is 0.160 e. The molecule has 21 heavy (non-hydrogen) atoms. The molecule has 2 aromatic heterocycles. The van der Waals surface area contributed by atoms with E-state index in [9.17, 15) is 0 Å². The van der Waals surface area contributed by atoms with E-state index in [-0.39, 0.29) is 0 Å². The summed E-state index contributed by atoms with van der Waals surface area (Å²) < 4.78 is 2.45. The number of piperidine rings is 1. The van der Waals surface area contributed by atoms with Crippen molar-refractivity contribution >= 4 is 11.2 Å². The number of aromatic nitrogens is 3. The summed E-state index contributed by atoms with van der Waals surface area (Å²) in [6, 6.07) is 4.60. The van der Waals surface area contributed by atoms with Crippen LogP contribution in [0.5, 0.6) is 0 Å². The van der Waals surface area contributed by atoms with Gasteiger partial charge in [-0.25, -0.2) is 9.97 Å². The van der Waals surface area contributed by atoms with Crippen LogP contribution in [0.15, 0.2) is 18.3 Å². The maximum Gasteiger partial charge on any atom is 0.160 e. The Morgan fingerprint density at radius 2 is 2.29 bits per heavy atom. The number of imidazole rings is 1. The van der Waals surface area contributed by atoms with Crippen molar-refractivity contribution in [3.8, 4) is 0 Å². The largest absolute Gasteiger partial charge is 0.316 e. The van der Waals surface area contributed by atoms with Gasteiger partial charge in [0.1, 0.15) is 11.3 Å². The van der Waals surface area contributed by atoms with Gasteiger partial charge >= 0.3 is 0 Å². The van der Waals surface area contributed by atoms with E-state index in [0.717, 1.165) is 30.8 Å². The molecule has 5 heteroatoms. The molecule has 2 aliphatic heterocycles. The summed E-state index contributed by atoms with van der Waals surface area (Å²) in [4.78, 5) is 12.0. The lowest BCUT2D eigenvalue weighted by molar-refractivity contribution is 0.211. The predicted molar refractivity (Wildman–Crippen MR) is 83.5 cm³/mol. The van der Waals surface area contributed by atoms with Gasteiger partial charge < -0.3 is 14.8 Å². The first-order valence-electron chi connectivity index (χ1n) is 8.05. The van der Waals surface area contributed by atoms with Gasteiger partial charge in [-0.1, -0.05) is 0 Å². The van der Waals surface area contributed by atoms with E-state index in [1.807, 2.05) is 12.3 Å². The zero-order valence-electron chi connectivity index (χ0n) is 12.6. The first-order valence-corrected chi connectivity index (χ1v) is 8.05. The van der Waals surface area contributed by atoms with E-state index in [1.54, 1.807) is 0 Å². The minimum Gasteiger partial charge on any atom is -0.316 e. The Balaban J connectivity index is 1.81. The standard InChI is InChI=1S/C16H23N5/c1-20-9-3-4-13(11-20)21-15(12-6-8-17-10-12)19-14-5-2-7-18-16(14)21/h2,5,7,12-13,17H,3-4,6,8-11H2,1H3. The summed E-state index contributed by atoms with van der Waals surface area (Å²) in [6.07, 6.45) is 5.57. The highest BCUT2D eigenvalue weighted by Crippen LogP contribution is 2.31. The zero-order chi connectivity index (χ0) is 14.2. The van der Waals surface area contributed by atoms with Crippen molar-refractivity contribution in [2.45, 2.75) is 31.2 Å². The number of likely N-dealkylation sites (tertiary alicyclic amines) is 1. The fourth-order valence-corrected chi connectivity index (χ4v) is 3.82. The number of likely N-dealkylation sites (N-methyl/N-ethyl adjacent to an activating group) is 1. The Hall–Kier alpha value is -1.46.